The van der Waals surface area contributed by atoms with Crippen LogP contribution in [0.5, 0.6) is 0 Å². The lowest BCUT2D eigenvalue weighted by Gasteiger charge is -2.35. The van der Waals surface area contributed by atoms with E-state index in [0.717, 1.165) is 5.56 Å². The van der Waals surface area contributed by atoms with Gasteiger partial charge in [-0.05, 0) is 24.3 Å². The molecule has 0 saturated heterocycles. The zero-order valence-corrected chi connectivity index (χ0v) is 12.4. The van der Waals surface area contributed by atoms with Crippen molar-refractivity contribution in [2.45, 2.75) is 25.2 Å². The maximum absolute atomic E-state index is 12.4. The summed E-state index contributed by atoms with van der Waals surface area (Å²) in [6.45, 7) is 0. The third-order valence-electron chi connectivity index (χ3n) is 4.55. The molecule has 0 N–H and O–H groups in total. The molecule has 5 nitrogen and oxygen atoms in total. The molecule has 0 heterocycles. The molecular weight excluding hydrogens is 288 g/mol. The summed E-state index contributed by atoms with van der Waals surface area (Å²) >= 11 is 0. The summed E-state index contributed by atoms with van der Waals surface area (Å²) in [4.78, 5) is 12.4. The minimum Gasteiger partial charge on any atom is -0.299 e. The molecule has 0 spiro atoms. The van der Waals surface area contributed by atoms with Crippen molar-refractivity contribution in [1.29, 1.82) is 21.0 Å². The largest absolute Gasteiger partial charge is 0.299 e. The number of Topliss-reactive ketones (excluding diaryl/α,β-unsaturated/α-hetero) is 1. The van der Waals surface area contributed by atoms with Crippen LogP contribution in [-0.2, 0) is 4.79 Å². The maximum Gasteiger partial charge on any atom is 0.182 e. The molecule has 2 unspecified atom stereocenters. The van der Waals surface area contributed by atoms with E-state index in [2.05, 4.69) is 0 Å². The second-order valence-electron chi connectivity index (χ2n) is 5.68. The highest BCUT2D eigenvalue weighted by molar-refractivity contribution is 5.84. The first-order valence-corrected chi connectivity index (χ1v) is 7.32. The number of hydrogen-bond donors (Lipinski definition) is 0. The topological polar surface area (TPSA) is 112 Å². The van der Waals surface area contributed by atoms with E-state index in [4.69, 9.17) is 10.5 Å². The van der Waals surface area contributed by atoms with Crippen LogP contribution in [0, 0.1) is 62.6 Å². The van der Waals surface area contributed by atoms with Gasteiger partial charge in [-0.1, -0.05) is 30.3 Å². The molecular formula is C18H14N4O. The van der Waals surface area contributed by atoms with Crippen LogP contribution >= 0.6 is 0 Å². The van der Waals surface area contributed by atoms with Crippen LogP contribution < -0.4 is 0 Å². The van der Waals surface area contributed by atoms with Gasteiger partial charge in [-0.15, -0.1) is 0 Å². The summed E-state index contributed by atoms with van der Waals surface area (Å²) in [5, 5.41) is 37.3. The summed E-state index contributed by atoms with van der Waals surface area (Å²) in [6, 6.07) is 16.6. The van der Waals surface area contributed by atoms with Crippen LogP contribution in [0.2, 0.25) is 0 Å². The summed E-state index contributed by atoms with van der Waals surface area (Å²) in [7, 11) is 0. The summed E-state index contributed by atoms with van der Waals surface area (Å²) in [5.74, 6) is -2.53. The molecule has 1 saturated carbocycles. The Balaban J connectivity index is 2.41. The first-order valence-electron chi connectivity index (χ1n) is 7.32. The first-order chi connectivity index (χ1) is 11.1. The maximum atomic E-state index is 12.4. The van der Waals surface area contributed by atoms with Gasteiger partial charge < -0.3 is 0 Å². The van der Waals surface area contributed by atoms with Crippen molar-refractivity contribution < 1.29 is 4.79 Å². The third-order valence-corrected chi connectivity index (χ3v) is 4.55. The van der Waals surface area contributed by atoms with Gasteiger partial charge in [0.05, 0.1) is 30.2 Å². The Bertz CT molecular complexity index is 729. The predicted molar refractivity (Wildman–Crippen MR) is 79.9 cm³/mol. The van der Waals surface area contributed by atoms with Crippen LogP contribution in [0.1, 0.15) is 30.7 Å². The molecule has 5 heteroatoms. The fourth-order valence-corrected chi connectivity index (χ4v) is 3.24. The molecule has 23 heavy (non-hydrogen) atoms. The SMILES string of the molecule is N#CC(C#N)C(C#N)(C#N)C1CC(c2ccccc2)CCC1=O. The Morgan fingerprint density at radius 2 is 1.65 bits per heavy atom. The number of nitrogens with zero attached hydrogens (tertiary/aromatic N) is 4. The van der Waals surface area contributed by atoms with Crippen LogP contribution in [0.4, 0.5) is 0 Å². The van der Waals surface area contributed by atoms with Gasteiger partial charge in [-0.2, -0.15) is 21.0 Å². The lowest BCUT2D eigenvalue weighted by atomic mass is 9.61. The lowest BCUT2D eigenvalue weighted by molar-refractivity contribution is -0.127. The van der Waals surface area contributed by atoms with Crippen molar-refractivity contribution >= 4 is 5.78 Å². The molecule has 1 aromatic carbocycles. The second kappa shape index (κ2) is 6.74. The predicted octanol–water partition coefficient (Wildman–Crippen LogP) is 2.84. The highest BCUT2D eigenvalue weighted by Crippen LogP contribution is 2.45. The number of hydrogen-bond acceptors (Lipinski definition) is 5. The molecule has 2 rings (SSSR count). The van der Waals surface area contributed by atoms with Crippen molar-refractivity contribution in [3.8, 4) is 24.3 Å². The number of benzene rings is 1. The van der Waals surface area contributed by atoms with Gasteiger partial charge in [0, 0.05) is 6.42 Å². The molecule has 0 radical (unpaired) electrons. The van der Waals surface area contributed by atoms with Crippen LogP contribution in [0.15, 0.2) is 30.3 Å². The molecule has 0 bridgehead atoms. The van der Waals surface area contributed by atoms with Crippen molar-refractivity contribution in [3.63, 3.8) is 0 Å². The van der Waals surface area contributed by atoms with Gasteiger partial charge in [-0.3, -0.25) is 4.79 Å². The number of ketones is 1. The summed E-state index contributed by atoms with van der Waals surface area (Å²) < 4.78 is 0. The number of carbonyl (C=O) groups excluding carboxylic acids is 1. The van der Waals surface area contributed by atoms with Gasteiger partial charge in [0.15, 0.2) is 11.3 Å². The number of nitriles is 4. The summed E-state index contributed by atoms with van der Waals surface area (Å²) in [5.41, 5.74) is -0.867. The standard InChI is InChI=1S/C18H14N4O/c19-9-15(10-20)18(11-21,12-22)16-8-14(6-7-17(16)23)13-4-2-1-3-5-13/h1-5,14-16H,6-8H2. The quantitative estimate of drug-likeness (QED) is 0.852. The van der Waals surface area contributed by atoms with Gasteiger partial charge in [0.2, 0.25) is 0 Å². The van der Waals surface area contributed by atoms with Gasteiger partial charge >= 0.3 is 0 Å². The molecule has 1 aromatic rings. The smallest absolute Gasteiger partial charge is 0.182 e. The van der Waals surface area contributed by atoms with E-state index < -0.39 is 17.3 Å². The fourth-order valence-electron chi connectivity index (χ4n) is 3.24. The van der Waals surface area contributed by atoms with Crippen molar-refractivity contribution in [1.82, 2.24) is 0 Å². The Morgan fingerprint density at radius 1 is 1.04 bits per heavy atom. The van der Waals surface area contributed by atoms with E-state index in [-0.39, 0.29) is 18.1 Å². The Labute approximate surface area is 135 Å². The van der Waals surface area contributed by atoms with Crippen LogP contribution in [0.3, 0.4) is 0 Å². The van der Waals surface area contributed by atoms with E-state index in [1.807, 2.05) is 42.5 Å². The molecule has 0 aromatic heterocycles. The molecule has 0 aliphatic heterocycles. The van der Waals surface area contributed by atoms with Crippen LogP contribution in [-0.4, -0.2) is 5.78 Å². The average Bonchev–Trinajstić information content (AvgIpc) is 2.61. The zero-order chi connectivity index (χ0) is 16.9. The summed E-state index contributed by atoms with van der Waals surface area (Å²) in [6.07, 6.45) is 1.21. The second-order valence-corrected chi connectivity index (χ2v) is 5.68. The third kappa shape index (κ3) is 2.78. The molecule has 1 fully saturated rings. The Hall–Kier alpha value is -3.15. The highest BCUT2D eigenvalue weighted by Gasteiger charge is 2.52. The minimum atomic E-state index is -1.91. The zero-order valence-electron chi connectivity index (χ0n) is 12.4. The monoisotopic (exact) mass is 302 g/mol. The van der Waals surface area contributed by atoms with E-state index in [1.54, 1.807) is 12.1 Å². The molecule has 112 valence electrons. The molecule has 1 aliphatic rings. The van der Waals surface area contributed by atoms with E-state index in [0.29, 0.717) is 12.8 Å². The van der Waals surface area contributed by atoms with Crippen molar-refractivity contribution in [2.24, 2.45) is 17.3 Å². The van der Waals surface area contributed by atoms with E-state index >= 15 is 0 Å². The van der Waals surface area contributed by atoms with Crippen molar-refractivity contribution in [3.05, 3.63) is 35.9 Å². The lowest BCUT2D eigenvalue weighted by Crippen LogP contribution is -2.42. The Morgan fingerprint density at radius 3 is 2.17 bits per heavy atom. The van der Waals surface area contributed by atoms with Crippen molar-refractivity contribution in [2.75, 3.05) is 0 Å². The molecule has 2 atom stereocenters. The Kier molecular flexibility index (Phi) is 4.75. The number of rotatable bonds is 3. The van der Waals surface area contributed by atoms with Gasteiger partial charge in [0.25, 0.3) is 0 Å². The van der Waals surface area contributed by atoms with Crippen LogP contribution in [0.25, 0.3) is 0 Å². The fraction of sp³-hybridized carbons (Fsp3) is 0.389. The number of carbonyl (C=O) groups is 1. The van der Waals surface area contributed by atoms with Gasteiger partial charge in [-0.25, -0.2) is 0 Å². The van der Waals surface area contributed by atoms with E-state index in [9.17, 15) is 15.3 Å². The normalized spacial score (nSPS) is 20.8. The molecule has 0 amide bonds. The van der Waals surface area contributed by atoms with Gasteiger partial charge in [0.1, 0.15) is 5.78 Å². The highest BCUT2D eigenvalue weighted by atomic mass is 16.1. The minimum absolute atomic E-state index is 0.0398. The molecule has 1 aliphatic carbocycles. The van der Waals surface area contributed by atoms with E-state index in [1.165, 1.54) is 0 Å². The average molecular weight is 302 g/mol. The first kappa shape index (κ1) is 16.2.